The molecule has 1 aliphatic heterocycles. The first kappa shape index (κ1) is 15.5. The first-order valence-electron chi connectivity index (χ1n) is 6.50. The van der Waals surface area contributed by atoms with Crippen LogP contribution in [0.1, 0.15) is 17.7 Å². The second-order valence-corrected chi connectivity index (χ2v) is 6.74. The fourth-order valence-electron chi connectivity index (χ4n) is 2.23. The molecule has 1 aliphatic rings. The molecule has 0 bridgehead atoms. The molecule has 20 heavy (non-hydrogen) atoms. The Bertz CT molecular complexity index is 484. The van der Waals surface area contributed by atoms with Crippen LogP contribution in [0.15, 0.2) is 15.9 Å². The van der Waals surface area contributed by atoms with Gasteiger partial charge in [0, 0.05) is 34.4 Å². The highest BCUT2D eigenvalue weighted by molar-refractivity contribution is 9.10. The highest BCUT2D eigenvalue weighted by atomic mass is 79.9. The molecule has 0 radical (unpaired) electrons. The largest absolute Gasteiger partial charge is 0.481 e. The molecule has 0 unspecified atom stereocenters. The summed E-state index contributed by atoms with van der Waals surface area (Å²) in [5, 5.41) is 14.1. The Kier molecular flexibility index (Phi) is 5.56. The number of carbonyl (C=O) groups is 2. The van der Waals surface area contributed by atoms with Gasteiger partial charge in [0.2, 0.25) is 5.91 Å². The Labute approximate surface area is 130 Å². The van der Waals surface area contributed by atoms with Crippen molar-refractivity contribution in [1.29, 1.82) is 0 Å². The molecular weight excluding hydrogens is 344 g/mol. The van der Waals surface area contributed by atoms with Crippen LogP contribution < -0.4 is 5.32 Å². The summed E-state index contributed by atoms with van der Waals surface area (Å²) in [6.45, 7) is 2.06. The lowest BCUT2D eigenvalue weighted by atomic mass is 9.97. The van der Waals surface area contributed by atoms with Crippen LogP contribution in [0.25, 0.3) is 0 Å². The molecule has 2 heterocycles. The average Bonchev–Trinajstić information content (AvgIpc) is 2.84. The molecule has 7 heteroatoms. The predicted octanol–water partition coefficient (Wildman–Crippen LogP) is 1.92. The van der Waals surface area contributed by atoms with E-state index in [0.29, 0.717) is 39.0 Å². The lowest BCUT2D eigenvalue weighted by Crippen LogP contribution is -2.43. The van der Waals surface area contributed by atoms with E-state index in [1.807, 2.05) is 11.4 Å². The van der Waals surface area contributed by atoms with Crippen molar-refractivity contribution in [2.75, 3.05) is 19.6 Å². The molecule has 1 aromatic rings. The summed E-state index contributed by atoms with van der Waals surface area (Å²) in [4.78, 5) is 25.7. The molecule has 110 valence electrons. The number of nitrogens with one attached hydrogen (secondary N) is 1. The van der Waals surface area contributed by atoms with Gasteiger partial charge >= 0.3 is 5.97 Å². The van der Waals surface area contributed by atoms with E-state index in [1.165, 1.54) is 4.88 Å². The third-order valence-electron chi connectivity index (χ3n) is 3.39. The molecule has 0 aliphatic carbocycles. The van der Waals surface area contributed by atoms with Gasteiger partial charge in [0.15, 0.2) is 0 Å². The summed E-state index contributed by atoms with van der Waals surface area (Å²) < 4.78 is 1.06. The fraction of sp³-hybridized carbons (Fsp3) is 0.538. The number of carboxylic acid groups (broad SMARTS) is 1. The molecule has 1 amide bonds. The second kappa shape index (κ2) is 7.19. The number of rotatable bonds is 5. The Morgan fingerprint density at radius 2 is 2.15 bits per heavy atom. The lowest BCUT2D eigenvalue weighted by molar-refractivity contribution is -0.145. The number of hydrogen-bond donors (Lipinski definition) is 2. The van der Waals surface area contributed by atoms with Gasteiger partial charge < -0.3 is 15.3 Å². The summed E-state index contributed by atoms with van der Waals surface area (Å²) >= 11 is 5.03. The molecule has 0 spiro atoms. The van der Waals surface area contributed by atoms with Crippen molar-refractivity contribution in [2.24, 2.45) is 5.92 Å². The van der Waals surface area contributed by atoms with Crippen molar-refractivity contribution in [2.45, 2.75) is 19.4 Å². The zero-order chi connectivity index (χ0) is 14.5. The van der Waals surface area contributed by atoms with Gasteiger partial charge in [0.25, 0.3) is 0 Å². The summed E-state index contributed by atoms with van der Waals surface area (Å²) in [5.41, 5.74) is 0. The summed E-state index contributed by atoms with van der Waals surface area (Å²) in [6.07, 6.45) is 1.11. The van der Waals surface area contributed by atoms with Gasteiger partial charge in [-0.05, 0) is 34.8 Å². The molecule has 0 aromatic carbocycles. The number of thiophene rings is 1. The first-order chi connectivity index (χ1) is 9.56. The zero-order valence-corrected chi connectivity index (χ0v) is 13.4. The number of amides is 1. The van der Waals surface area contributed by atoms with Crippen LogP contribution in [0, 0.1) is 5.92 Å². The van der Waals surface area contributed by atoms with E-state index in [0.717, 1.165) is 4.47 Å². The number of hydrogen-bond acceptors (Lipinski definition) is 4. The summed E-state index contributed by atoms with van der Waals surface area (Å²) in [5.74, 6) is -1.00. The Morgan fingerprint density at radius 1 is 1.45 bits per heavy atom. The van der Waals surface area contributed by atoms with E-state index in [2.05, 4.69) is 21.2 Å². The number of piperidine rings is 1. The van der Waals surface area contributed by atoms with Gasteiger partial charge in [0.1, 0.15) is 0 Å². The maximum Gasteiger partial charge on any atom is 0.306 e. The maximum atomic E-state index is 12.0. The Hall–Kier alpha value is -0.920. The first-order valence-corrected chi connectivity index (χ1v) is 8.17. The van der Waals surface area contributed by atoms with Gasteiger partial charge in [-0.25, -0.2) is 0 Å². The van der Waals surface area contributed by atoms with E-state index in [-0.39, 0.29) is 11.8 Å². The van der Waals surface area contributed by atoms with Crippen LogP contribution in [-0.4, -0.2) is 41.5 Å². The van der Waals surface area contributed by atoms with Crippen LogP contribution >= 0.6 is 27.3 Å². The lowest BCUT2D eigenvalue weighted by Gasteiger charge is -2.30. The molecular formula is C13H17BrN2O3S. The SMILES string of the molecule is O=C(O)C1CCN(C(=O)CNCc2cc(Br)cs2)CC1. The number of aliphatic carboxylic acids is 1. The quantitative estimate of drug-likeness (QED) is 0.841. The van der Waals surface area contributed by atoms with Crippen molar-refractivity contribution in [3.05, 3.63) is 20.8 Å². The van der Waals surface area contributed by atoms with Gasteiger partial charge in [0.05, 0.1) is 12.5 Å². The number of likely N-dealkylation sites (tertiary alicyclic amines) is 1. The smallest absolute Gasteiger partial charge is 0.306 e. The monoisotopic (exact) mass is 360 g/mol. The zero-order valence-electron chi connectivity index (χ0n) is 11.0. The number of halogens is 1. The minimum absolute atomic E-state index is 0.0458. The number of nitrogens with zero attached hydrogens (tertiary/aromatic N) is 1. The summed E-state index contributed by atoms with van der Waals surface area (Å²) in [7, 11) is 0. The van der Waals surface area contributed by atoms with Crippen LogP contribution in [0.3, 0.4) is 0 Å². The average molecular weight is 361 g/mol. The summed E-state index contributed by atoms with van der Waals surface area (Å²) in [6, 6.07) is 2.03. The fourth-order valence-corrected chi connectivity index (χ4v) is 3.65. The van der Waals surface area contributed by atoms with Crippen LogP contribution in [0.4, 0.5) is 0 Å². The molecule has 0 atom stereocenters. The van der Waals surface area contributed by atoms with Gasteiger partial charge in [-0.1, -0.05) is 0 Å². The predicted molar refractivity (Wildman–Crippen MR) is 80.7 cm³/mol. The van der Waals surface area contributed by atoms with E-state index in [4.69, 9.17) is 5.11 Å². The Morgan fingerprint density at radius 3 is 2.70 bits per heavy atom. The molecule has 1 saturated heterocycles. The van der Waals surface area contributed by atoms with Crippen molar-refractivity contribution >= 4 is 39.1 Å². The van der Waals surface area contributed by atoms with E-state index >= 15 is 0 Å². The van der Waals surface area contributed by atoms with Crippen LogP contribution in [-0.2, 0) is 16.1 Å². The highest BCUT2D eigenvalue weighted by Crippen LogP contribution is 2.19. The molecule has 1 aromatic heterocycles. The maximum absolute atomic E-state index is 12.0. The van der Waals surface area contributed by atoms with Gasteiger partial charge in [-0.15, -0.1) is 11.3 Å². The minimum Gasteiger partial charge on any atom is -0.481 e. The van der Waals surface area contributed by atoms with E-state index in [1.54, 1.807) is 16.2 Å². The van der Waals surface area contributed by atoms with Gasteiger partial charge in [-0.3, -0.25) is 9.59 Å². The highest BCUT2D eigenvalue weighted by Gasteiger charge is 2.26. The van der Waals surface area contributed by atoms with E-state index < -0.39 is 5.97 Å². The number of carbonyl (C=O) groups excluding carboxylic acids is 1. The minimum atomic E-state index is -0.751. The van der Waals surface area contributed by atoms with Crippen molar-refractivity contribution < 1.29 is 14.7 Å². The van der Waals surface area contributed by atoms with Crippen molar-refractivity contribution in [1.82, 2.24) is 10.2 Å². The Balaban J connectivity index is 1.69. The standard InChI is InChI=1S/C13H17BrN2O3S/c14-10-5-11(20-8-10)6-15-7-12(17)16-3-1-9(2-4-16)13(18)19/h5,8-9,15H,1-4,6-7H2,(H,18,19). The third-order valence-corrected chi connectivity index (χ3v) is 5.09. The van der Waals surface area contributed by atoms with Crippen molar-refractivity contribution in [3.63, 3.8) is 0 Å². The van der Waals surface area contributed by atoms with Crippen molar-refractivity contribution in [3.8, 4) is 0 Å². The number of carboxylic acids is 1. The molecule has 0 saturated carbocycles. The molecule has 2 rings (SSSR count). The van der Waals surface area contributed by atoms with E-state index in [9.17, 15) is 9.59 Å². The third kappa shape index (κ3) is 4.29. The molecule has 5 nitrogen and oxygen atoms in total. The normalized spacial score (nSPS) is 16.4. The van der Waals surface area contributed by atoms with Crippen LogP contribution in [0.5, 0.6) is 0 Å². The topological polar surface area (TPSA) is 69.6 Å². The molecule has 1 fully saturated rings. The van der Waals surface area contributed by atoms with Gasteiger partial charge in [-0.2, -0.15) is 0 Å². The van der Waals surface area contributed by atoms with Crippen LogP contribution in [0.2, 0.25) is 0 Å². The molecule has 2 N–H and O–H groups in total. The second-order valence-electron chi connectivity index (χ2n) is 4.83.